The van der Waals surface area contributed by atoms with Gasteiger partial charge >= 0.3 is 5.97 Å². The topological polar surface area (TPSA) is 119 Å². The first-order valence-corrected chi connectivity index (χ1v) is 10.5. The van der Waals surface area contributed by atoms with Gasteiger partial charge in [0.2, 0.25) is 5.91 Å². The van der Waals surface area contributed by atoms with Gasteiger partial charge in [-0.25, -0.2) is 0 Å². The van der Waals surface area contributed by atoms with E-state index in [1.54, 1.807) is 0 Å². The van der Waals surface area contributed by atoms with Crippen molar-refractivity contribution in [3.63, 3.8) is 0 Å². The molecule has 1 saturated heterocycles. The van der Waals surface area contributed by atoms with Crippen molar-refractivity contribution in [2.75, 3.05) is 23.4 Å². The number of nitro benzene ring substituents is 1. The van der Waals surface area contributed by atoms with Gasteiger partial charge in [-0.1, -0.05) is 32.0 Å². The fraction of sp³-hybridized carbons (Fsp3) is 0.348. The SMILES string of the molecule is CCc1cccc(CC)c1NC(=O)COC(=O)[C@H]1CC(=O)N(c2ccc([N+](=O)[O-])cc2)C1. The molecule has 32 heavy (non-hydrogen) atoms. The largest absolute Gasteiger partial charge is 0.455 e. The number of nitrogens with zero attached hydrogens (tertiary/aromatic N) is 2. The lowest BCUT2D eigenvalue weighted by Crippen LogP contribution is -2.28. The normalized spacial score (nSPS) is 15.5. The quantitative estimate of drug-likeness (QED) is 0.383. The molecule has 9 nitrogen and oxygen atoms in total. The first-order chi connectivity index (χ1) is 15.3. The summed E-state index contributed by atoms with van der Waals surface area (Å²) in [6.07, 6.45) is 1.47. The third-order valence-electron chi connectivity index (χ3n) is 5.44. The maximum absolute atomic E-state index is 12.4. The van der Waals surface area contributed by atoms with Crippen LogP contribution in [0.5, 0.6) is 0 Å². The van der Waals surface area contributed by atoms with Crippen molar-refractivity contribution in [3.05, 3.63) is 63.7 Å². The highest BCUT2D eigenvalue weighted by molar-refractivity contribution is 6.00. The molecule has 1 aliphatic heterocycles. The van der Waals surface area contributed by atoms with E-state index < -0.39 is 29.3 Å². The van der Waals surface area contributed by atoms with Gasteiger partial charge in [-0.2, -0.15) is 0 Å². The van der Waals surface area contributed by atoms with E-state index in [1.807, 2.05) is 32.0 Å². The van der Waals surface area contributed by atoms with E-state index in [2.05, 4.69) is 5.32 Å². The molecule has 1 heterocycles. The van der Waals surface area contributed by atoms with E-state index in [4.69, 9.17) is 4.74 Å². The number of amides is 2. The second-order valence-electron chi connectivity index (χ2n) is 7.49. The molecular weight excluding hydrogens is 414 g/mol. The van der Waals surface area contributed by atoms with E-state index >= 15 is 0 Å². The van der Waals surface area contributed by atoms with Crippen molar-refractivity contribution in [2.45, 2.75) is 33.1 Å². The molecule has 0 saturated carbocycles. The predicted molar refractivity (Wildman–Crippen MR) is 118 cm³/mol. The lowest BCUT2D eigenvalue weighted by atomic mass is 10.0. The molecule has 0 radical (unpaired) electrons. The van der Waals surface area contributed by atoms with Crippen LogP contribution in [0.3, 0.4) is 0 Å². The monoisotopic (exact) mass is 439 g/mol. The molecule has 2 aromatic rings. The van der Waals surface area contributed by atoms with E-state index in [1.165, 1.54) is 29.2 Å². The molecule has 0 bridgehead atoms. The zero-order chi connectivity index (χ0) is 23.3. The van der Waals surface area contributed by atoms with E-state index in [9.17, 15) is 24.5 Å². The van der Waals surface area contributed by atoms with E-state index in [0.717, 1.165) is 29.7 Å². The number of anilines is 2. The zero-order valence-electron chi connectivity index (χ0n) is 18.0. The van der Waals surface area contributed by atoms with Crippen LogP contribution in [-0.4, -0.2) is 35.9 Å². The summed E-state index contributed by atoms with van der Waals surface area (Å²) in [5.41, 5.74) is 3.14. The first kappa shape index (κ1) is 22.9. The molecule has 1 N–H and O–H groups in total. The number of esters is 1. The Balaban J connectivity index is 1.57. The van der Waals surface area contributed by atoms with Crippen LogP contribution in [0.25, 0.3) is 0 Å². The van der Waals surface area contributed by atoms with Crippen molar-refractivity contribution in [2.24, 2.45) is 5.92 Å². The lowest BCUT2D eigenvalue weighted by molar-refractivity contribution is -0.384. The molecule has 9 heteroatoms. The summed E-state index contributed by atoms with van der Waals surface area (Å²) in [4.78, 5) is 48.8. The van der Waals surface area contributed by atoms with Gasteiger partial charge < -0.3 is 15.0 Å². The zero-order valence-corrected chi connectivity index (χ0v) is 18.0. The first-order valence-electron chi connectivity index (χ1n) is 10.5. The minimum Gasteiger partial charge on any atom is -0.455 e. The van der Waals surface area contributed by atoms with Crippen molar-refractivity contribution in [3.8, 4) is 0 Å². The maximum atomic E-state index is 12.4. The summed E-state index contributed by atoms with van der Waals surface area (Å²) >= 11 is 0. The van der Waals surface area contributed by atoms with Crippen molar-refractivity contribution in [1.82, 2.24) is 0 Å². The van der Waals surface area contributed by atoms with Crippen LogP contribution < -0.4 is 10.2 Å². The number of para-hydroxylation sites is 1. The summed E-state index contributed by atoms with van der Waals surface area (Å²) < 4.78 is 5.17. The molecule has 1 aliphatic rings. The Hall–Kier alpha value is -3.75. The molecule has 1 fully saturated rings. The number of hydrogen-bond donors (Lipinski definition) is 1. The van der Waals surface area contributed by atoms with Gasteiger partial charge in [-0.3, -0.25) is 24.5 Å². The van der Waals surface area contributed by atoms with Gasteiger partial charge in [0.1, 0.15) is 0 Å². The molecular formula is C23H25N3O6. The molecule has 0 aliphatic carbocycles. The summed E-state index contributed by atoms with van der Waals surface area (Å²) in [5, 5.41) is 13.6. The Morgan fingerprint density at radius 1 is 1.12 bits per heavy atom. The van der Waals surface area contributed by atoms with Gasteiger partial charge in [0, 0.05) is 36.5 Å². The number of nitrogens with one attached hydrogen (secondary N) is 1. The minimum atomic E-state index is -0.709. The number of hydrogen-bond acceptors (Lipinski definition) is 6. The third-order valence-corrected chi connectivity index (χ3v) is 5.44. The Kier molecular flexibility index (Phi) is 7.19. The fourth-order valence-corrected chi connectivity index (χ4v) is 3.70. The number of nitro groups is 1. The molecule has 168 valence electrons. The number of aryl methyl sites for hydroxylation is 2. The highest BCUT2D eigenvalue weighted by Crippen LogP contribution is 2.27. The van der Waals surface area contributed by atoms with E-state index in [0.29, 0.717) is 5.69 Å². The summed E-state index contributed by atoms with van der Waals surface area (Å²) in [5.74, 6) is -2.06. The van der Waals surface area contributed by atoms with Crippen molar-refractivity contribution in [1.29, 1.82) is 0 Å². The fourth-order valence-electron chi connectivity index (χ4n) is 3.70. The Labute approximate surface area is 185 Å². The molecule has 2 aromatic carbocycles. The van der Waals surface area contributed by atoms with Gasteiger partial charge in [0.05, 0.1) is 10.8 Å². The summed E-state index contributed by atoms with van der Waals surface area (Å²) in [6, 6.07) is 11.4. The van der Waals surface area contributed by atoms with E-state index in [-0.39, 0.29) is 24.6 Å². The van der Waals surface area contributed by atoms with Gasteiger partial charge in [-0.15, -0.1) is 0 Å². The number of non-ortho nitro benzene ring substituents is 1. The van der Waals surface area contributed by atoms with Crippen LogP contribution in [0.1, 0.15) is 31.4 Å². The molecule has 2 amide bonds. The number of benzene rings is 2. The number of carbonyl (C=O) groups excluding carboxylic acids is 3. The summed E-state index contributed by atoms with van der Waals surface area (Å²) in [7, 11) is 0. The predicted octanol–water partition coefficient (Wildman–Crippen LogP) is 3.25. The second kappa shape index (κ2) is 10.0. The highest BCUT2D eigenvalue weighted by Gasteiger charge is 2.36. The highest BCUT2D eigenvalue weighted by atomic mass is 16.6. The third kappa shape index (κ3) is 5.11. The molecule has 0 unspecified atom stereocenters. The average Bonchev–Trinajstić information content (AvgIpc) is 3.19. The van der Waals surface area contributed by atoms with Gasteiger partial charge in [0.15, 0.2) is 6.61 Å². The maximum Gasteiger partial charge on any atom is 0.311 e. The van der Waals surface area contributed by atoms with Crippen molar-refractivity contribution < 1.29 is 24.0 Å². The minimum absolute atomic E-state index is 0.0455. The standard InChI is InChI=1S/C23H25N3O6/c1-3-15-6-5-7-16(4-2)22(15)24-20(27)14-32-23(29)17-12-21(28)25(13-17)18-8-10-19(11-9-18)26(30)31/h5-11,17H,3-4,12-14H2,1-2H3,(H,24,27)/t17-/m0/s1. The van der Waals surface area contributed by atoms with Crippen LogP contribution in [0.15, 0.2) is 42.5 Å². The van der Waals surface area contributed by atoms with Crippen LogP contribution >= 0.6 is 0 Å². The van der Waals surface area contributed by atoms with Gasteiger partial charge in [0.25, 0.3) is 11.6 Å². The smallest absolute Gasteiger partial charge is 0.311 e. The molecule has 0 aromatic heterocycles. The average molecular weight is 439 g/mol. The van der Waals surface area contributed by atoms with Gasteiger partial charge in [-0.05, 0) is 36.1 Å². The Bertz CT molecular complexity index is 1010. The van der Waals surface area contributed by atoms with Crippen LogP contribution in [0.2, 0.25) is 0 Å². The molecule has 1 atom stereocenters. The Morgan fingerprint density at radius 2 is 1.75 bits per heavy atom. The number of ether oxygens (including phenoxy) is 1. The lowest BCUT2D eigenvalue weighted by Gasteiger charge is -2.16. The number of carbonyl (C=O) groups is 3. The summed E-state index contributed by atoms with van der Waals surface area (Å²) in [6.45, 7) is 3.65. The Morgan fingerprint density at radius 3 is 2.31 bits per heavy atom. The van der Waals surface area contributed by atoms with Crippen molar-refractivity contribution >= 4 is 34.8 Å². The second-order valence-corrected chi connectivity index (χ2v) is 7.49. The van der Waals surface area contributed by atoms with Crippen LogP contribution in [-0.2, 0) is 32.0 Å². The number of rotatable bonds is 8. The van der Waals surface area contributed by atoms with Crippen LogP contribution in [0, 0.1) is 16.0 Å². The molecule has 3 rings (SSSR count). The molecule has 0 spiro atoms. The van der Waals surface area contributed by atoms with Crippen LogP contribution in [0.4, 0.5) is 17.1 Å².